The molecule has 0 spiro atoms. The molecule has 1 unspecified atom stereocenters. The molecule has 1 aromatic rings. The number of aliphatic imine (C=N–C) groups is 1. The Labute approximate surface area is 131 Å². The topological polar surface area (TPSA) is 52.9 Å². The summed E-state index contributed by atoms with van der Waals surface area (Å²) in [7, 11) is 1.96. The zero-order valence-corrected chi connectivity index (χ0v) is 13.3. The van der Waals surface area contributed by atoms with Gasteiger partial charge in [0.05, 0.1) is 12.0 Å². The van der Waals surface area contributed by atoms with Crippen molar-refractivity contribution in [2.75, 3.05) is 13.7 Å². The molecule has 22 heavy (non-hydrogen) atoms. The van der Waals surface area contributed by atoms with Crippen molar-refractivity contribution in [3.8, 4) is 0 Å². The van der Waals surface area contributed by atoms with Gasteiger partial charge in [0.1, 0.15) is 0 Å². The first-order valence-corrected chi connectivity index (χ1v) is 7.86. The van der Waals surface area contributed by atoms with Gasteiger partial charge in [-0.2, -0.15) is 0 Å². The number of carbonyl (C=O) groups is 1. The summed E-state index contributed by atoms with van der Waals surface area (Å²) < 4.78 is 0. The SMILES string of the molecule is CCC(CCO)N(C)C=Nc1c(C=O)ccc2c1=CCCC=2. The molecule has 1 N–H and O–H groups in total. The molecule has 0 aliphatic heterocycles. The highest BCUT2D eigenvalue weighted by atomic mass is 16.3. The van der Waals surface area contributed by atoms with Crippen LogP contribution in [-0.4, -0.2) is 42.3 Å². The number of fused-ring (bicyclic) bond motifs is 1. The number of nitrogens with zero attached hydrogens (tertiary/aromatic N) is 2. The predicted molar refractivity (Wildman–Crippen MR) is 90.9 cm³/mol. The number of hydrogen-bond donors (Lipinski definition) is 1. The van der Waals surface area contributed by atoms with E-state index < -0.39 is 0 Å². The van der Waals surface area contributed by atoms with Crippen LogP contribution >= 0.6 is 0 Å². The van der Waals surface area contributed by atoms with Crippen LogP contribution in [0.15, 0.2) is 17.1 Å². The van der Waals surface area contributed by atoms with Crippen molar-refractivity contribution in [3.63, 3.8) is 0 Å². The molecule has 4 nitrogen and oxygen atoms in total. The number of hydrogen-bond acceptors (Lipinski definition) is 3. The molecule has 1 aromatic carbocycles. The molecule has 118 valence electrons. The summed E-state index contributed by atoms with van der Waals surface area (Å²) in [6, 6.07) is 4.07. The summed E-state index contributed by atoms with van der Waals surface area (Å²) in [6.45, 7) is 2.26. The first kappa shape index (κ1) is 16.4. The van der Waals surface area contributed by atoms with Gasteiger partial charge in [0.2, 0.25) is 0 Å². The second kappa shape index (κ2) is 7.90. The highest BCUT2D eigenvalue weighted by Gasteiger charge is 2.10. The molecule has 1 aliphatic rings. The Balaban J connectivity index is 2.37. The van der Waals surface area contributed by atoms with Gasteiger partial charge in [-0.25, -0.2) is 4.99 Å². The fourth-order valence-corrected chi connectivity index (χ4v) is 2.83. The standard InChI is InChI=1S/C18H24N2O2/c1-3-16(10-11-21)20(2)13-19-18-15(12-22)9-8-14-6-4-5-7-17(14)18/h6-9,12-13,16,21H,3-5,10-11H2,1-2H3. The second-order valence-corrected chi connectivity index (χ2v) is 5.59. The molecule has 0 amide bonds. The van der Waals surface area contributed by atoms with E-state index >= 15 is 0 Å². The van der Waals surface area contributed by atoms with Gasteiger partial charge in [-0.15, -0.1) is 0 Å². The maximum Gasteiger partial charge on any atom is 0.152 e. The maximum atomic E-state index is 11.3. The first-order chi connectivity index (χ1) is 10.7. The molecule has 0 fully saturated rings. The van der Waals surface area contributed by atoms with Gasteiger partial charge in [-0.05, 0) is 37.0 Å². The van der Waals surface area contributed by atoms with E-state index in [-0.39, 0.29) is 12.6 Å². The highest BCUT2D eigenvalue weighted by Crippen LogP contribution is 2.12. The number of aldehydes is 1. The smallest absolute Gasteiger partial charge is 0.152 e. The van der Waals surface area contributed by atoms with Crippen molar-refractivity contribution >= 4 is 30.5 Å². The second-order valence-electron chi connectivity index (χ2n) is 5.59. The summed E-state index contributed by atoms with van der Waals surface area (Å²) in [5, 5.41) is 11.3. The van der Waals surface area contributed by atoms with Crippen molar-refractivity contribution in [1.29, 1.82) is 0 Å². The van der Waals surface area contributed by atoms with Crippen LogP contribution < -0.4 is 10.4 Å². The molecule has 4 heteroatoms. The highest BCUT2D eigenvalue weighted by molar-refractivity contribution is 5.85. The molecule has 0 bridgehead atoms. The van der Waals surface area contributed by atoms with Gasteiger partial charge < -0.3 is 10.0 Å². The molecule has 1 aliphatic carbocycles. The lowest BCUT2D eigenvalue weighted by molar-refractivity contribution is 0.112. The summed E-state index contributed by atoms with van der Waals surface area (Å²) in [5.74, 6) is 0. The molecule has 0 heterocycles. The average Bonchev–Trinajstić information content (AvgIpc) is 2.56. The van der Waals surface area contributed by atoms with Crippen LogP contribution in [0.1, 0.15) is 43.0 Å². The van der Waals surface area contributed by atoms with E-state index in [1.54, 1.807) is 6.34 Å². The Morgan fingerprint density at radius 3 is 2.82 bits per heavy atom. The molecule has 0 saturated heterocycles. The maximum absolute atomic E-state index is 11.3. The lowest BCUT2D eigenvalue weighted by Crippen LogP contribution is -2.31. The Kier molecular flexibility index (Phi) is 5.90. The van der Waals surface area contributed by atoms with E-state index in [0.29, 0.717) is 12.0 Å². The van der Waals surface area contributed by atoms with E-state index in [9.17, 15) is 4.79 Å². The third kappa shape index (κ3) is 3.63. The van der Waals surface area contributed by atoms with E-state index in [0.717, 1.165) is 41.7 Å². The Bertz CT molecular complexity index is 664. The molecular weight excluding hydrogens is 276 g/mol. The van der Waals surface area contributed by atoms with Gasteiger partial charge in [0, 0.05) is 30.5 Å². The Morgan fingerprint density at radius 2 is 2.14 bits per heavy atom. The van der Waals surface area contributed by atoms with Crippen molar-refractivity contribution in [3.05, 3.63) is 28.1 Å². The van der Waals surface area contributed by atoms with Crippen LogP contribution in [0.5, 0.6) is 0 Å². The molecule has 1 atom stereocenters. The summed E-state index contributed by atoms with van der Waals surface area (Å²) in [4.78, 5) is 17.9. The zero-order chi connectivity index (χ0) is 15.9. The monoisotopic (exact) mass is 300 g/mol. The number of aliphatic hydroxyl groups excluding tert-OH is 1. The number of benzene rings is 1. The number of rotatable bonds is 7. The van der Waals surface area contributed by atoms with Gasteiger partial charge in [-0.1, -0.05) is 25.1 Å². The molecule has 0 aromatic heterocycles. The predicted octanol–water partition coefficient (Wildman–Crippen LogP) is 1.61. The third-order valence-electron chi connectivity index (χ3n) is 4.17. The van der Waals surface area contributed by atoms with E-state index in [2.05, 4.69) is 24.1 Å². The summed E-state index contributed by atoms with van der Waals surface area (Å²) >= 11 is 0. The lowest BCUT2D eigenvalue weighted by Gasteiger charge is -2.24. The fourth-order valence-electron chi connectivity index (χ4n) is 2.83. The van der Waals surface area contributed by atoms with Gasteiger partial charge in [0.15, 0.2) is 6.29 Å². The molecule has 0 saturated carbocycles. The van der Waals surface area contributed by atoms with Crippen LogP contribution in [0.2, 0.25) is 0 Å². The van der Waals surface area contributed by atoms with Crippen LogP contribution in [-0.2, 0) is 0 Å². The largest absolute Gasteiger partial charge is 0.396 e. The van der Waals surface area contributed by atoms with Crippen molar-refractivity contribution in [2.45, 2.75) is 38.6 Å². The third-order valence-corrected chi connectivity index (χ3v) is 4.17. The minimum Gasteiger partial charge on any atom is -0.396 e. The fraction of sp³-hybridized carbons (Fsp3) is 0.444. The average molecular weight is 300 g/mol. The summed E-state index contributed by atoms with van der Waals surface area (Å²) in [5.41, 5.74) is 1.36. The van der Waals surface area contributed by atoms with Crippen LogP contribution in [0.3, 0.4) is 0 Å². The van der Waals surface area contributed by atoms with Gasteiger partial charge in [0.25, 0.3) is 0 Å². The van der Waals surface area contributed by atoms with Crippen molar-refractivity contribution in [1.82, 2.24) is 4.90 Å². The Morgan fingerprint density at radius 1 is 1.36 bits per heavy atom. The molecular formula is C18H24N2O2. The number of carbonyl (C=O) groups excluding carboxylic acids is 1. The van der Waals surface area contributed by atoms with E-state index in [1.165, 1.54) is 0 Å². The lowest BCUT2D eigenvalue weighted by atomic mass is 10.0. The van der Waals surface area contributed by atoms with Crippen LogP contribution in [0, 0.1) is 0 Å². The quantitative estimate of drug-likeness (QED) is 0.473. The Hall–Kier alpha value is -1.94. The van der Waals surface area contributed by atoms with E-state index in [1.807, 2.05) is 24.1 Å². The first-order valence-electron chi connectivity index (χ1n) is 7.86. The minimum atomic E-state index is 0.166. The molecule has 2 rings (SSSR count). The van der Waals surface area contributed by atoms with E-state index in [4.69, 9.17) is 5.11 Å². The summed E-state index contributed by atoms with van der Waals surface area (Å²) in [6.07, 6.45) is 10.6. The van der Waals surface area contributed by atoms with Crippen molar-refractivity contribution in [2.24, 2.45) is 4.99 Å². The van der Waals surface area contributed by atoms with Crippen molar-refractivity contribution < 1.29 is 9.90 Å². The zero-order valence-electron chi connectivity index (χ0n) is 13.3. The van der Waals surface area contributed by atoms with Crippen LogP contribution in [0.25, 0.3) is 12.2 Å². The number of aliphatic hydroxyl groups is 1. The minimum absolute atomic E-state index is 0.166. The van der Waals surface area contributed by atoms with Gasteiger partial charge >= 0.3 is 0 Å². The molecule has 0 radical (unpaired) electrons. The van der Waals surface area contributed by atoms with Crippen LogP contribution in [0.4, 0.5) is 5.69 Å². The normalized spacial score (nSPS) is 14.9. The van der Waals surface area contributed by atoms with Gasteiger partial charge in [-0.3, -0.25) is 4.79 Å².